The fraction of sp³-hybridized carbons (Fsp3) is 0.500. The molecule has 4 N–H and O–H groups in total. The zero-order valence-corrected chi connectivity index (χ0v) is 7.61. The molecule has 0 amide bonds. The van der Waals surface area contributed by atoms with Crippen molar-refractivity contribution in [2.45, 2.75) is 30.8 Å². The Balaban J connectivity index is 2.34. The number of aromatic nitrogens is 1. The van der Waals surface area contributed by atoms with Gasteiger partial charge in [-0.1, -0.05) is 6.07 Å². The summed E-state index contributed by atoms with van der Waals surface area (Å²) in [7, 11) is 0. The summed E-state index contributed by atoms with van der Waals surface area (Å²) < 4.78 is 0. The summed E-state index contributed by atoms with van der Waals surface area (Å²) in [6.45, 7) is 0. The Morgan fingerprint density at radius 3 is 2.85 bits per heavy atom. The molecule has 1 aromatic heterocycles. The van der Waals surface area contributed by atoms with Crippen LogP contribution < -0.4 is 11.5 Å². The summed E-state index contributed by atoms with van der Waals surface area (Å²) in [4.78, 5) is 4.28. The monoisotopic (exact) mass is 177 g/mol. The van der Waals surface area contributed by atoms with E-state index >= 15 is 0 Å². The molecule has 0 spiro atoms. The average molecular weight is 177 g/mol. The van der Waals surface area contributed by atoms with Crippen LogP contribution in [0.2, 0.25) is 0 Å². The summed E-state index contributed by atoms with van der Waals surface area (Å²) in [6.07, 6.45) is 4.83. The zero-order chi connectivity index (χ0) is 9.31. The van der Waals surface area contributed by atoms with Gasteiger partial charge in [0.25, 0.3) is 0 Å². The summed E-state index contributed by atoms with van der Waals surface area (Å²) in [5.74, 6) is 0. The predicted molar refractivity (Wildman–Crippen MR) is 51.9 cm³/mol. The second kappa shape index (κ2) is 3.09. The van der Waals surface area contributed by atoms with Crippen LogP contribution >= 0.6 is 0 Å². The van der Waals surface area contributed by atoms with Crippen LogP contribution in [0.4, 0.5) is 0 Å². The molecular weight excluding hydrogens is 162 g/mol. The molecule has 2 rings (SSSR count). The maximum Gasteiger partial charge on any atom is 0.0736 e. The molecule has 1 fully saturated rings. The molecule has 2 atom stereocenters. The minimum atomic E-state index is -0.388. The molecule has 1 heterocycles. The van der Waals surface area contributed by atoms with Gasteiger partial charge in [0.05, 0.1) is 11.2 Å². The van der Waals surface area contributed by atoms with E-state index in [1.165, 1.54) is 0 Å². The van der Waals surface area contributed by atoms with Crippen LogP contribution in [0.3, 0.4) is 0 Å². The predicted octanol–water partition coefficient (Wildman–Crippen LogP) is 0.747. The highest BCUT2D eigenvalue weighted by Crippen LogP contribution is 2.33. The normalized spacial score (nSPS) is 33.5. The lowest BCUT2D eigenvalue weighted by atomic mass is 9.90. The number of hydrogen-bond acceptors (Lipinski definition) is 3. The Labute approximate surface area is 78.1 Å². The van der Waals surface area contributed by atoms with Crippen LogP contribution in [0.1, 0.15) is 25.0 Å². The number of rotatable bonds is 1. The largest absolute Gasteiger partial charge is 0.326 e. The smallest absolute Gasteiger partial charge is 0.0736 e. The fourth-order valence-corrected chi connectivity index (χ4v) is 2.01. The Morgan fingerprint density at radius 1 is 1.46 bits per heavy atom. The lowest BCUT2D eigenvalue weighted by Crippen LogP contribution is -2.49. The van der Waals surface area contributed by atoms with Gasteiger partial charge in [-0.3, -0.25) is 4.98 Å². The molecule has 0 radical (unpaired) electrons. The van der Waals surface area contributed by atoms with E-state index in [1.54, 1.807) is 6.20 Å². The van der Waals surface area contributed by atoms with E-state index in [0.717, 1.165) is 25.0 Å². The lowest BCUT2D eigenvalue weighted by Gasteiger charge is -2.27. The molecule has 1 aliphatic rings. The second-order valence-corrected chi connectivity index (χ2v) is 3.75. The quantitative estimate of drug-likeness (QED) is 0.665. The molecular formula is C10H15N3. The number of nitrogens with two attached hydrogens (primary N) is 2. The molecule has 3 heteroatoms. The Kier molecular flexibility index (Phi) is 2.06. The SMILES string of the molecule is NC1CCCC1(N)c1ccccn1. The molecule has 0 saturated heterocycles. The Hall–Kier alpha value is -0.930. The van der Waals surface area contributed by atoms with E-state index in [-0.39, 0.29) is 11.6 Å². The maximum absolute atomic E-state index is 6.24. The van der Waals surface area contributed by atoms with Gasteiger partial charge in [-0.2, -0.15) is 0 Å². The van der Waals surface area contributed by atoms with Gasteiger partial charge in [0, 0.05) is 12.2 Å². The minimum absolute atomic E-state index is 0.0578. The highest BCUT2D eigenvalue weighted by molar-refractivity contribution is 5.20. The zero-order valence-electron chi connectivity index (χ0n) is 7.61. The van der Waals surface area contributed by atoms with Gasteiger partial charge in [0.2, 0.25) is 0 Å². The Bertz CT molecular complexity index is 285. The van der Waals surface area contributed by atoms with Crippen molar-refractivity contribution in [3.63, 3.8) is 0 Å². The van der Waals surface area contributed by atoms with Crippen molar-refractivity contribution in [1.82, 2.24) is 4.98 Å². The maximum atomic E-state index is 6.24. The summed E-state index contributed by atoms with van der Waals surface area (Å²) in [5.41, 5.74) is 12.8. The number of nitrogens with zero attached hydrogens (tertiary/aromatic N) is 1. The van der Waals surface area contributed by atoms with Crippen LogP contribution in [0.15, 0.2) is 24.4 Å². The topological polar surface area (TPSA) is 64.9 Å². The van der Waals surface area contributed by atoms with Gasteiger partial charge in [-0.05, 0) is 31.4 Å². The molecule has 1 aliphatic carbocycles. The first-order chi connectivity index (χ1) is 6.23. The van der Waals surface area contributed by atoms with Gasteiger partial charge < -0.3 is 11.5 Å². The third kappa shape index (κ3) is 1.34. The summed E-state index contributed by atoms with van der Waals surface area (Å²) >= 11 is 0. The second-order valence-electron chi connectivity index (χ2n) is 3.75. The highest BCUT2D eigenvalue weighted by Gasteiger charge is 2.39. The first-order valence-electron chi connectivity index (χ1n) is 4.69. The third-order valence-corrected chi connectivity index (χ3v) is 2.91. The van der Waals surface area contributed by atoms with E-state index < -0.39 is 0 Å². The van der Waals surface area contributed by atoms with Crippen molar-refractivity contribution in [1.29, 1.82) is 0 Å². The lowest BCUT2D eigenvalue weighted by molar-refractivity contribution is 0.393. The molecule has 0 bridgehead atoms. The van der Waals surface area contributed by atoms with Gasteiger partial charge in [-0.15, -0.1) is 0 Å². The van der Waals surface area contributed by atoms with Crippen LogP contribution in [-0.4, -0.2) is 11.0 Å². The average Bonchev–Trinajstić information content (AvgIpc) is 2.50. The van der Waals surface area contributed by atoms with E-state index in [0.29, 0.717) is 0 Å². The molecule has 1 aromatic rings. The highest BCUT2D eigenvalue weighted by atomic mass is 14.9. The third-order valence-electron chi connectivity index (χ3n) is 2.91. The first-order valence-corrected chi connectivity index (χ1v) is 4.69. The Morgan fingerprint density at radius 2 is 2.31 bits per heavy atom. The van der Waals surface area contributed by atoms with Crippen LogP contribution in [0.25, 0.3) is 0 Å². The fourth-order valence-electron chi connectivity index (χ4n) is 2.01. The minimum Gasteiger partial charge on any atom is -0.326 e. The van der Waals surface area contributed by atoms with Crippen LogP contribution in [-0.2, 0) is 5.54 Å². The van der Waals surface area contributed by atoms with Gasteiger partial charge in [0.1, 0.15) is 0 Å². The van der Waals surface area contributed by atoms with Crippen molar-refractivity contribution in [3.05, 3.63) is 30.1 Å². The summed E-state index contributed by atoms with van der Waals surface area (Å²) in [6, 6.07) is 5.88. The van der Waals surface area contributed by atoms with Crippen molar-refractivity contribution < 1.29 is 0 Å². The molecule has 0 aromatic carbocycles. The van der Waals surface area contributed by atoms with E-state index in [9.17, 15) is 0 Å². The summed E-state index contributed by atoms with van der Waals surface area (Å²) in [5, 5.41) is 0. The molecule has 70 valence electrons. The van der Waals surface area contributed by atoms with Crippen molar-refractivity contribution in [2.75, 3.05) is 0 Å². The van der Waals surface area contributed by atoms with Crippen molar-refractivity contribution >= 4 is 0 Å². The number of pyridine rings is 1. The van der Waals surface area contributed by atoms with Crippen LogP contribution in [0.5, 0.6) is 0 Å². The molecule has 2 unspecified atom stereocenters. The molecule has 0 aliphatic heterocycles. The van der Waals surface area contributed by atoms with Gasteiger partial charge in [0.15, 0.2) is 0 Å². The van der Waals surface area contributed by atoms with Crippen molar-refractivity contribution in [3.8, 4) is 0 Å². The van der Waals surface area contributed by atoms with Crippen molar-refractivity contribution in [2.24, 2.45) is 11.5 Å². The van der Waals surface area contributed by atoms with Crippen LogP contribution in [0, 0.1) is 0 Å². The molecule has 1 saturated carbocycles. The van der Waals surface area contributed by atoms with E-state index in [2.05, 4.69) is 4.98 Å². The van der Waals surface area contributed by atoms with E-state index in [1.807, 2.05) is 18.2 Å². The van der Waals surface area contributed by atoms with E-state index in [4.69, 9.17) is 11.5 Å². The van der Waals surface area contributed by atoms with Gasteiger partial charge in [-0.25, -0.2) is 0 Å². The first kappa shape index (κ1) is 8.66. The standard InChI is InChI=1S/C10H15N3/c11-8-4-3-6-10(8,12)9-5-1-2-7-13-9/h1-2,5,7-8H,3-4,6,11-12H2. The molecule has 13 heavy (non-hydrogen) atoms. The van der Waals surface area contributed by atoms with Gasteiger partial charge >= 0.3 is 0 Å². The molecule has 3 nitrogen and oxygen atoms in total. The number of hydrogen-bond donors (Lipinski definition) is 2.